The molecule has 0 aromatic heterocycles. The van der Waals surface area contributed by atoms with Crippen LogP contribution in [0.3, 0.4) is 0 Å². The van der Waals surface area contributed by atoms with Crippen molar-refractivity contribution in [3.8, 4) is 0 Å². The Kier molecular flexibility index (Phi) is 5.93. The monoisotopic (exact) mass is 344 g/mol. The first-order chi connectivity index (χ1) is 12.2. The highest BCUT2D eigenvalue weighted by Gasteiger charge is 2.42. The van der Waals surface area contributed by atoms with Gasteiger partial charge in [0.05, 0.1) is 6.04 Å². The number of rotatable bonds is 7. The Balaban J connectivity index is 1.27. The second-order valence-electron chi connectivity index (χ2n) is 6.31. The maximum absolute atomic E-state index is 11.6. The molecule has 3 rings (SSSR count). The molecule has 2 heterocycles. The molecule has 25 heavy (non-hydrogen) atoms. The van der Waals surface area contributed by atoms with Gasteiger partial charge in [-0.1, -0.05) is 36.4 Å². The first kappa shape index (κ1) is 17.3. The van der Waals surface area contributed by atoms with E-state index >= 15 is 0 Å². The van der Waals surface area contributed by atoms with Crippen LogP contribution in [0, 0.1) is 0 Å². The van der Waals surface area contributed by atoms with Gasteiger partial charge in [0, 0.05) is 13.1 Å². The summed E-state index contributed by atoms with van der Waals surface area (Å²) >= 11 is 0. The number of nitrogens with one attached hydrogen (secondary N) is 1. The molecule has 2 atom stereocenters. The Bertz CT molecular complexity index is 617. The summed E-state index contributed by atoms with van der Waals surface area (Å²) in [6, 6.07) is 9.78. The third-order valence-corrected chi connectivity index (χ3v) is 4.51. The van der Waals surface area contributed by atoms with Crippen LogP contribution in [0.25, 0.3) is 0 Å². The van der Waals surface area contributed by atoms with Crippen LogP contribution in [0.1, 0.15) is 31.2 Å². The number of allylic oxidation sites excluding steroid dienone is 1. The van der Waals surface area contributed by atoms with Crippen molar-refractivity contribution in [2.24, 2.45) is 0 Å². The van der Waals surface area contributed by atoms with Crippen LogP contribution < -0.4 is 5.32 Å². The zero-order chi connectivity index (χ0) is 17.5. The Morgan fingerprint density at radius 3 is 3.04 bits per heavy atom. The van der Waals surface area contributed by atoms with E-state index in [0.29, 0.717) is 6.54 Å². The molecular formula is C19H24N2O4. The maximum atomic E-state index is 11.6. The molecule has 1 aromatic carbocycles. The number of carbonyl (C=O) groups excluding carboxylic acids is 2. The number of alkyl carbamates (subject to hydrolysis) is 1. The molecule has 1 aromatic rings. The number of hydrogen-bond donors (Lipinski definition) is 1. The van der Waals surface area contributed by atoms with E-state index in [-0.39, 0.29) is 24.8 Å². The molecule has 1 N–H and O–H groups in total. The molecule has 6 heteroatoms. The first-order valence-electron chi connectivity index (χ1n) is 8.82. The standard InChI is InChI=1S/C19H24N2O4/c22-18(24-14-15-8-3-1-4-9-15)20-12-6-2-5-11-17-16-10-7-13-21(16)19(23)25-17/h1,3-5,8-9,11,16-17H,2,6-7,10,12-14H2,(H,20,22)/b11-5+/t16-,17+/m0/s1. The largest absolute Gasteiger partial charge is 0.445 e. The molecule has 2 saturated heterocycles. The van der Waals surface area contributed by atoms with Crippen molar-refractivity contribution in [2.75, 3.05) is 13.1 Å². The lowest BCUT2D eigenvalue weighted by molar-refractivity contribution is 0.139. The molecule has 0 unspecified atom stereocenters. The lowest BCUT2D eigenvalue weighted by Crippen LogP contribution is -2.29. The van der Waals surface area contributed by atoms with Crippen molar-refractivity contribution in [2.45, 2.75) is 44.4 Å². The molecule has 0 saturated carbocycles. The van der Waals surface area contributed by atoms with Gasteiger partial charge in [0.2, 0.25) is 0 Å². The molecule has 0 bridgehead atoms. The highest BCUT2D eigenvalue weighted by atomic mass is 16.6. The van der Waals surface area contributed by atoms with Crippen molar-refractivity contribution >= 4 is 12.2 Å². The number of amides is 2. The van der Waals surface area contributed by atoms with Crippen molar-refractivity contribution in [3.05, 3.63) is 48.0 Å². The molecule has 0 spiro atoms. The Labute approximate surface area is 147 Å². The summed E-state index contributed by atoms with van der Waals surface area (Å²) in [5, 5.41) is 2.74. The number of fused-ring (bicyclic) bond motifs is 1. The lowest BCUT2D eigenvalue weighted by atomic mass is 10.1. The number of carbonyl (C=O) groups is 2. The highest BCUT2D eigenvalue weighted by molar-refractivity contribution is 5.71. The van der Waals surface area contributed by atoms with Crippen molar-refractivity contribution in [1.82, 2.24) is 10.2 Å². The lowest BCUT2D eigenvalue weighted by Gasteiger charge is -2.12. The summed E-state index contributed by atoms with van der Waals surface area (Å²) < 4.78 is 10.5. The number of ether oxygens (including phenoxy) is 2. The number of nitrogens with zero attached hydrogens (tertiary/aromatic N) is 1. The van der Waals surface area contributed by atoms with Gasteiger partial charge in [-0.15, -0.1) is 0 Å². The Morgan fingerprint density at radius 2 is 2.20 bits per heavy atom. The van der Waals surface area contributed by atoms with E-state index < -0.39 is 6.09 Å². The smallest absolute Gasteiger partial charge is 0.410 e. The minimum Gasteiger partial charge on any atom is -0.445 e. The first-order valence-corrected chi connectivity index (χ1v) is 8.82. The van der Waals surface area contributed by atoms with Crippen molar-refractivity contribution in [1.29, 1.82) is 0 Å². The number of benzene rings is 1. The molecule has 0 aliphatic carbocycles. The molecule has 2 aliphatic rings. The SMILES string of the molecule is O=C(NCCC/C=C/[C@H]1OC(=O)N2CCC[C@@H]12)OCc1ccccc1. The van der Waals surface area contributed by atoms with Crippen LogP contribution in [-0.4, -0.2) is 42.3 Å². The fourth-order valence-corrected chi connectivity index (χ4v) is 3.21. The predicted octanol–water partition coefficient (Wildman–Crippen LogP) is 3.23. The van der Waals surface area contributed by atoms with Gasteiger partial charge in [0.1, 0.15) is 12.7 Å². The van der Waals surface area contributed by atoms with Crippen LogP contribution in [0.2, 0.25) is 0 Å². The van der Waals surface area contributed by atoms with E-state index in [2.05, 4.69) is 5.32 Å². The fraction of sp³-hybridized carbons (Fsp3) is 0.474. The third-order valence-electron chi connectivity index (χ3n) is 4.51. The zero-order valence-electron chi connectivity index (χ0n) is 14.2. The molecule has 2 fully saturated rings. The van der Waals surface area contributed by atoms with Gasteiger partial charge in [-0.05, 0) is 37.3 Å². The zero-order valence-corrected chi connectivity index (χ0v) is 14.2. The molecule has 6 nitrogen and oxygen atoms in total. The van der Waals surface area contributed by atoms with Gasteiger partial charge in [0.25, 0.3) is 0 Å². The molecule has 2 aliphatic heterocycles. The average molecular weight is 344 g/mol. The summed E-state index contributed by atoms with van der Waals surface area (Å²) in [5.41, 5.74) is 0.965. The summed E-state index contributed by atoms with van der Waals surface area (Å²) in [5.74, 6) is 0. The van der Waals surface area contributed by atoms with E-state index in [9.17, 15) is 9.59 Å². The van der Waals surface area contributed by atoms with Gasteiger partial charge < -0.3 is 19.7 Å². The van der Waals surface area contributed by atoms with Crippen LogP contribution in [-0.2, 0) is 16.1 Å². The third kappa shape index (κ3) is 4.75. The summed E-state index contributed by atoms with van der Waals surface area (Å²) in [4.78, 5) is 25.1. The van der Waals surface area contributed by atoms with Crippen molar-refractivity contribution in [3.63, 3.8) is 0 Å². The number of hydrogen-bond acceptors (Lipinski definition) is 4. The second-order valence-corrected chi connectivity index (χ2v) is 6.31. The summed E-state index contributed by atoms with van der Waals surface area (Å²) in [6.07, 6.45) is 6.97. The van der Waals surface area contributed by atoms with E-state index in [1.54, 1.807) is 0 Å². The van der Waals surface area contributed by atoms with Gasteiger partial charge in [-0.3, -0.25) is 0 Å². The van der Waals surface area contributed by atoms with E-state index in [4.69, 9.17) is 9.47 Å². The number of unbranched alkanes of at least 4 members (excludes halogenated alkanes) is 1. The fourth-order valence-electron chi connectivity index (χ4n) is 3.21. The van der Waals surface area contributed by atoms with Crippen LogP contribution >= 0.6 is 0 Å². The van der Waals surface area contributed by atoms with E-state index in [1.165, 1.54) is 0 Å². The molecule has 0 radical (unpaired) electrons. The Morgan fingerprint density at radius 1 is 1.36 bits per heavy atom. The predicted molar refractivity (Wildman–Crippen MR) is 93.0 cm³/mol. The summed E-state index contributed by atoms with van der Waals surface area (Å²) in [7, 11) is 0. The second kappa shape index (κ2) is 8.55. The van der Waals surface area contributed by atoms with Crippen molar-refractivity contribution < 1.29 is 19.1 Å². The van der Waals surface area contributed by atoms with Gasteiger partial charge in [-0.2, -0.15) is 0 Å². The Hall–Kier alpha value is -2.50. The minimum atomic E-state index is -0.404. The molecule has 2 amide bonds. The van der Waals surface area contributed by atoms with Crippen LogP contribution in [0.5, 0.6) is 0 Å². The molecule has 134 valence electrons. The van der Waals surface area contributed by atoms with E-state index in [1.807, 2.05) is 47.4 Å². The van der Waals surface area contributed by atoms with Gasteiger partial charge in [0.15, 0.2) is 0 Å². The summed E-state index contributed by atoms with van der Waals surface area (Å²) in [6.45, 7) is 1.64. The van der Waals surface area contributed by atoms with E-state index in [0.717, 1.165) is 37.8 Å². The topological polar surface area (TPSA) is 67.9 Å². The minimum absolute atomic E-state index is 0.126. The van der Waals surface area contributed by atoms with Crippen LogP contribution in [0.15, 0.2) is 42.5 Å². The molecular weight excluding hydrogens is 320 g/mol. The average Bonchev–Trinajstić information content (AvgIpc) is 3.22. The van der Waals surface area contributed by atoms with Gasteiger partial charge in [-0.25, -0.2) is 9.59 Å². The normalized spacial score (nSPS) is 22.1. The van der Waals surface area contributed by atoms with Crippen LogP contribution in [0.4, 0.5) is 9.59 Å². The maximum Gasteiger partial charge on any atom is 0.410 e. The number of cyclic esters (lactones) is 1. The highest BCUT2D eigenvalue weighted by Crippen LogP contribution is 2.29. The van der Waals surface area contributed by atoms with Gasteiger partial charge >= 0.3 is 12.2 Å². The quantitative estimate of drug-likeness (QED) is 0.609.